The molecule has 24 heavy (non-hydrogen) atoms. The number of ether oxygens (including phenoxy) is 2. The van der Waals surface area contributed by atoms with Gasteiger partial charge in [-0.1, -0.05) is 24.4 Å². The van der Waals surface area contributed by atoms with Crippen LogP contribution in [-0.2, 0) is 5.54 Å². The average Bonchev–Trinajstić information content (AvgIpc) is 3.08. The molecule has 1 aliphatic carbocycles. The first-order valence-electron chi connectivity index (χ1n) is 8.69. The van der Waals surface area contributed by atoms with Crippen LogP contribution in [0.1, 0.15) is 51.8 Å². The van der Waals surface area contributed by atoms with Crippen LogP contribution in [0.25, 0.3) is 11.5 Å². The van der Waals surface area contributed by atoms with Gasteiger partial charge in [0, 0.05) is 5.56 Å². The van der Waals surface area contributed by atoms with Gasteiger partial charge in [0.2, 0.25) is 0 Å². The molecule has 2 N–H and O–H groups in total. The first-order chi connectivity index (χ1) is 11.7. The topological polar surface area (TPSA) is 83.4 Å². The van der Waals surface area contributed by atoms with Crippen LogP contribution in [0.2, 0.25) is 0 Å². The van der Waals surface area contributed by atoms with E-state index in [1.54, 1.807) is 0 Å². The second kappa shape index (κ2) is 7.21. The van der Waals surface area contributed by atoms with E-state index in [0.29, 0.717) is 36.4 Å². The minimum absolute atomic E-state index is 0.462. The molecule has 1 aromatic carbocycles. The molecule has 1 aliphatic rings. The lowest BCUT2D eigenvalue weighted by Gasteiger charge is -2.29. The second-order valence-corrected chi connectivity index (χ2v) is 6.17. The Labute approximate surface area is 142 Å². The molecule has 3 rings (SSSR count). The number of nitrogens with zero attached hydrogens (tertiary/aromatic N) is 2. The SMILES string of the molecule is CCOc1ccc(-c2nc(C3(N)CCCCC3)no2)cc1OCC. The van der Waals surface area contributed by atoms with Gasteiger partial charge in [0.1, 0.15) is 0 Å². The maximum Gasteiger partial charge on any atom is 0.258 e. The number of hydrogen-bond donors (Lipinski definition) is 1. The van der Waals surface area contributed by atoms with Gasteiger partial charge in [0.05, 0.1) is 18.8 Å². The normalized spacial score (nSPS) is 16.8. The van der Waals surface area contributed by atoms with E-state index in [1.807, 2.05) is 32.0 Å². The number of aromatic nitrogens is 2. The van der Waals surface area contributed by atoms with Crippen LogP contribution in [0.15, 0.2) is 22.7 Å². The molecule has 0 bridgehead atoms. The van der Waals surface area contributed by atoms with Gasteiger partial charge >= 0.3 is 0 Å². The van der Waals surface area contributed by atoms with Crippen molar-refractivity contribution in [3.8, 4) is 23.0 Å². The summed E-state index contributed by atoms with van der Waals surface area (Å²) in [4.78, 5) is 4.55. The molecule has 0 radical (unpaired) electrons. The fourth-order valence-corrected chi connectivity index (χ4v) is 3.13. The predicted octanol–water partition coefficient (Wildman–Crippen LogP) is 3.65. The Morgan fingerprint density at radius 1 is 1.08 bits per heavy atom. The van der Waals surface area contributed by atoms with E-state index in [-0.39, 0.29) is 0 Å². The monoisotopic (exact) mass is 331 g/mol. The Bertz CT molecular complexity index is 678. The Hall–Kier alpha value is -2.08. The van der Waals surface area contributed by atoms with E-state index in [9.17, 15) is 0 Å². The van der Waals surface area contributed by atoms with Crippen LogP contribution < -0.4 is 15.2 Å². The Morgan fingerprint density at radius 2 is 1.79 bits per heavy atom. The van der Waals surface area contributed by atoms with Crippen molar-refractivity contribution in [3.05, 3.63) is 24.0 Å². The van der Waals surface area contributed by atoms with Gasteiger partial charge in [-0.25, -0.2) is 0 Å². The van der Waals surface area contributed by atoms with Crippen molar-refractivity contribution in [2.24, 2.45) is 5.73 Å². The van der Waals surface area contributed by atoms with E-state index in [1.165, 1.54) is 6.42 Å². The fourth-order valence-electron chi connectivity index (χ4n) is 3.13. The van der Waals surface area contributed by atoms with Crippen molar-refractivity contribution in [3.63, 3.8) is 0 Å². The molecule has 1 aromatic heterocycles. The molecule has 1 saturated carbocycles. The third-order valence-corrected chi connectivity index (χ3v) is 4.41. The minimum atomic E-state index is -0.464. The van der Waals surface area contributed by atoms with Crippen LogP contribution in [0.4, 0.5) is 0 Å². The molecule has 0 amide bonds. The molecule has 0 unspecified atom stereocenters. The Kier molecular flexibility index (Phi) is 5.04. The van der Waals surface area contributed by atoms with Crippen molar-refractivity contribution >= 4 is 0 Å². The number of rotatable bonds is 6. The van der Waals surface area contributed by atoms with Crippen molar-refractivity contribution in [2.75, 3.05) is 13.2 Å². The van der Waals surface area contributed by atoms with Crippen molar-refractivity contribution in [1.29, 1.82) is 0 Å². The zero-order chi connectivity index (χ0) is 17.0. The van der Waals surface area contributed by atoms with Gasteiger partial charge in [-0.05, 0) is 44.9 Å². The molecular weight excluding hydrogens is 306 g/mol. The zero-order valence-corrected chi connectivity index (χ0v) is 14.4. The fraction of sp³-hybridized carbons (Fsp3) is 0.556. The summed E-state index contributed by atoms with van der Waals surface area (Å²) in [6, 6.07) is 5.64. The summed E-state index contributed by atoms with van der Waals surface area (Å²) in [5.74, 6) is 2.45. The lowest BCUT2D eigenvalue weighted by atomic mass is 9.82. The Morgan fingerprint density at radius 3 is 2.50 bits per heavy atom. The number of nitrogens with two attached hydrogens (primary N) is 1. The van der Waals surface area contributed by atoms with Crippen LogP contribution in [0.5, 0.6) is 11.5 Å². The molecule has 0 atom stereocenters. The van der Waals surface area contributed by atoms with Crippen molar-refractivity contribution in [1.82, 2.24) is 10.1 Å². The average molecular weight is 331 g/mol. The minimum Gasteiger partial charge on any atom is -0.490 e. The molecule has 0 saturated heterocycles. The molecule has 0 spiro atoms. The zero-order valence-electron chi connectivity index (χ0n) is 14.4. The molecule has 6 heteroatoms. The van der Waals surface area contributed by atoms with Gasteiger partial charge in [0.25, 0.3) is 5.89 Å². The maximum atomic E-state index is 6.48. The van der Waals surface area contributed by atoms with Gasteiger partial charge in [-0.3, -0.25) is 0 Å². The first kappa shape index (κ1) is 16.8. The smallest absolute Gasteiger partial charge is 0.258 e. The summed E-state index contributed by atoms with van der Waals surface area (Å²) < 4.78 is 16.7. The van der Waals surface area contributed by atoms with Crippen molar-refractivity contribution in [2.45, 2.75) is 51.5 Å². The molecule has 1 heterocycles. The summed E-state index contributed by atoms with van der Waals surface area (Å²) in [6.45, 7) is 5.03. The molecule has 2 aromatic rings. The van der Waals surface area contributed by atoms with Crippen molar-refractivity contribution < 1.29 is 14.0 Å². The lowest BCUT2D eigenvalue weighted by Crippen LogP contribution is -2.39. The summed E-state index contributed by atoms with van der Waals surface area (Å²) in [5, 5.41) is 4.14. The second-order valence-electron chi connectivity index (χ2n) is 6.17. The number of benzene rings is 1. The van der Waals surface area contributed by atoms with Crippen LogP contribution >= 0.6 is 0 Å². The van der Waals surface area contributed by atoms with Crippen LogP contribution in [0.3, 0.4) is 0 Å². The maximum absolute atomic E-state index is 6.48. The van der Waals surface area contributed by atoms with E-state index in [0.717, 1.165) is 31.2 Å². The summed E-state index contributed by atoms with van der Waals surface area (Å²) in [6.07, 6.45) is 5.25. The lowest BCUT2D eigenvalue weighted by molar-refractivity contribution is 0.275. The molecule has 6 nitrogen and oxygen atoms in total. The largest absolute Gasteiger partial charge is 0.490 e. The van der Waals surface area contributed by atoms with E-state index < -0.39 is 5.54 Å². The third-order valence-electron chi connectivity index (χ3n) is 4.41. The van der Waals surface area contributed by atoms with Crippen LogP contribution in [-0.4, -0.2) is 23.4 Å². The summed E-state index contributed by atoms with van der Waals surface area (Å²) in [5.41, 5.74) is 6.82. The third kappa shape index (κ3) is 3.38. The van der Waals surface area contributed by atoms with E-state index >= 15 is 0 Å². The van der Waals surface area contributed by atoms with Gasteiger partial charge in [-0.2, -0.15) is 4.98 Å². The Balaban J connectivity index is 1.88. The molecule has 1 fully saturated rings. The molecule has 0 aliphatic heterocycles. The van der Waals surface area contributed by atoms with E-state index in [2.05, 4.69) is 10.1 Å². The van der Waals surface area contributed by atoms with E-state index in [4.69, 9.17) is 19.7 Å². The summed E-state index contributed by atoms with van der Waals surface area (Å²) >= 11 is 0. The highest BCUT2D eigenvalue weighted by Gasteiger charge is 2.34. The molecule has 130 valence electrons. The predicted molar refractivity (Wildman–Crippen MR) is 91.0 cm³/mol. The first-order valence-corrected chi connectivity index (χ1v) is 8.69. The number of hydrogen-bond acceptors (Lipinski definition) is 6. The highest BCUT2D eigenvalue weighted by Crippen LogP contribution is 2.36. The summed E-state index contributed by atoms with van der Waals surface area (Å²) in [7, 11) is 0. The van der Waals surface area contributed by atoms with Gasteiger partial charge < -0.3 is 19.7 Å². The van der Waals surface area contributed by atoms with Gasteiger partial charge in [-0.15, -0.1) is 0 Å². The molecular formula is C18H25N3O3. The highest BCUT2D eigenvalue weighted by atomic mass is 16.5. The standard InChI is InChI=1S/C18H25N3O3/c1-3-22-14-9-8-13(12-15(14)23-4-2)16-20-17(21-24-16)18(19)10-6-5-7-11-18/h8-9,12H,3-7,10-11,19H2,1-2H3. The van der Waals surface area contributed by atoms with Crippen LogP contribution in [0, 0.1) is 0 Å². The highest BCUT2D eigenvalue weighted by molar-refractivity contribution is 5.59. The quantitative estimate of drug-likeness (QED) is 0.870. The van der Waals surface area contributed by atoms with Gasteiger partial charge in [0.15, 0.2) is 17.3 Å².